The lowest BCUT2D eigenvalue weighted by atomic mass is 10.1. The number of amides is 1. The number of nitrogens with zero attached hydrogens (tertiary/aromatic N) is 4. The van der Waals surface area contributed by atoms with Crippen LogP contribution in [-0.2, 0) is 0 Å². The summed E-state index contributed by atoms with van der Waals surface area (Å²) < 4.78 is 40.3. The van der Waals surface area contributed by atoms with Crippen molar-refractivity contribution in [3.05, 3.63) is 41.2 Å². The fourth-order valence-electron chi connectivity index (χ4n) is 3.15. The van der Waals surface area contributed by atoms with E-state index in [-0.39, 0.29) is 23.3 Å². The Hall–Kier alpha value is -2.42. The zero-order valence-electron chi connectivity index (χ0n) is 14.4. The molecule has 1 amide bonds. The van der Waals surface area contributed by atoms with E-state index in [2.05, 4.69) is 15.6 Å². The molecule has 3 rings (SSSR count). The second-order valence-corrected chi connectivity index (χ2v) is 6.34. The Kier molecular flexibility index (Phi) is 5.55. The zero-order chi connectivity index (χ0) is 18.7. The molecule has 2 heterocycles. The Morgan fingerprint density at radius 2 is 2.15 bits per heavy atom. The quantitative estimate of drug-likeness (QED) is 0.878. The number of carbonyl (C=O) groups excluding carboxylic acids is 1. The molecule has 0 aliphatic carbocycles. The van der Waals surface area contributed by atoms with Crippen LogP contribution in [0.3, 0.4) is 0 Å². The fourth-order valence-corrected chi connectivity index (χ4v) is 3.15. The molecule has 2 aromatic rings. The molecule has 1 aliphatic heterocycles. The van der Waals surface area contributed by atoms with Crippen molar-refractivity contribution in [3.8, 4) is 5.69 Å². The number of piperidine rings is 1. The van der Waals surface area contributed by atoms with E-state index in [1.54, 1.807) is 6.92 Å². The van der Waals surface area contributed by atoms with Crippen LogP contribution in [0, 0.1) is 18.6 Å². The molecule has 1 aliphatic rings. The van der Waals surface area contributed by atoms with E-state index < -0.39 is 18.3 Å². The van der Waals surface area contributed by atoms with Gasteiger partial charge in [-0.3, -0.25) is 9.69 Å². The van der Waals surface area contributed by atoms with E-state index in [4.69, 9.17) is 0 Å². The van der Waals surface area contributed by atoms with Crippen molar-refractivity contribution in [1.29, 1.82) is 0 Å². The average molecular weight is 367 g/mol. The Morgan fingerprint density at radius 1 is 1.35 bits per heavy atom. The van der Waals surface area contributed by atoms with Crippen molar-refractivity contribution in [2.45, 2.75) is 25.8 Å². The maximum Gasteiger partial charge on any atom is 0.274 e. The summed E-state index contributed by atoms with van der Waals surface area (Å²) >= 11 is 0. The molecular formula is C17H20F3N5O. The summed E-state index contributed by atoms with van der Waals surface area (Å²) in [5.74, 6) is -2.35. The van der Waals surface area contributed by atoms with Crippen molar-refractivity contribution >= 4 is 5.91 Å². The largest absolute Gasteiger partial charge is 0.347 e. The minimum Gasteiger partial charge on any atom is -0.347 e. The number of carbonyl (C=O) groups is 1. The van der Waals surface area contributed by atoms with Gasteiger partial charge in [0.2, 0.25) is 0 Å². The summed E-state index contributed by atoms with van der Waals surface area (Å²) in [5, 5.41) is 10.6. The highest BCUT2D eigenvalue weighted by atomic mass is 19.2. The van der Waals surface area contributed by atoms with Gasteiger partial charge in [-0.1, -0.05) is 5.21 Å². The van der Waals surface area contributed by atoms with Crippen molar-refractivity contribution < 1.29 is 18.0 Å². The summed E-state index contributed by atoms with van der Waals surface area (Å²) in [6, 6.07) is 3.26. The third-order valence-electron chi connectivity index (χ3n) is 4.50. The number of aromatic nitrogens is 3. The van der Waals surface area contributed by atoms with E-state index in [0.717, 1.165) is 31.5 Å². The highest BCUT2D eigenvalue weighted by Gasteiger charge is 2.24. The van der Waals surface area contributed by atoms with Crippen LogP contribution in [0.2, 0.25) is 0 Å². The first-order valence-corrected chi connectivity index (χ1v) is 8.46. The number of hydrogen-bond acceptors (Lipinski definition) is 4. The molecule has 1 N–H and O–H groups in total. The molecule has 1 saturated heterocycles. The van der Waals surface area contributed by atoms with Gasteiger partial charge in [-0.15, -0.1) is 5.10 Å². The number of benzene rings is 1. The summed E-state index contributed by atoms with van der Waals surface area (Å²) in [7, 11) is 0. The van der Waals surface area contributed by atoms with E-state index >= 15 is 0 Å². The summed E-state index contributed by atoms with van der Waals surface area (Å²) in [5.41, 5.74) is 0.821. The monoisotopic (exact) mass is 367 g/mol. The second kappa shape index (κ2) is 7.86. The Morgan fingerprint density at radius 3 is 2.88 bits per heavy atom. The SMILES string of the molecule is Cc1c(C(=O)NC2CCCN(CCF)C2)nnn1-c1ccc(F)c(F)c1. The molecule has 0 saturated carbocycles. The van der Waals surface area contributed by atoms with Gasteiger partial charge in [-0.2, -0.15) is 0 Å². The molecule has 1 fully saturated rings. The molecule has 1 atom stereocenters. The van der Waals surface area contributed by atoms with Crippen LogP contribution >= 0.6 is 0 Å². The average Bonchev–Trinajstić information content (AvgIpc) is 3.00. The smallest absolute Gasteiger partial charge is 0.274 e. The number of nitrogens with one attached hydrogen (secondary N) is 1. The second-order valence-electron chi connectivity index (χ2n) is 6.34. The summed E-state index contributed by atoms with van der Waals surface area (Å²) in [6.07, 6.45) is 1.69. The first-order valence-electron chi connectivity index (χ1n) is 8.46. The topological polar surface area (TPSA) is 63.1 Å². The maximum absolute atomic E-state index is 13.4. The van der Waals surface area contributed by atoms with Crippen molar-refractivity contribution in [3.63, 3.8) is 0 Å². The van der Waals surface area contributed by atoms with Gasteiger partial charge in [0.25, 0.3) is 5.91 Å². The minimum absolute atomic E-state index is 0.0874. The summed E-state index contributed by atoms with van der Waals surface area (Å²) in [4.78, 5) is 14.5. The lowest BCUT2D eigenvalue weighted by Gasteiger charge is -2.32. The van der Waals surface area contributed by atoms with Gasteiger partial charge >= 0.3 is 0 Å². The number of hydrogen-bond donors (Lipinski definition) is 1. The van der Waals surface area contributed by atoms with Crippen LogP contribution in [0.4, 0.5) is 13.2 Å². The molecule has 9 heteroatoms. The number of alkyl halides is 1. The number of likely N-dealkylation sites (tertiary alicyclic amines) is 1. The predicted molar refractivity (Wildman–Crippen MR) is 88.9 cm³/mol. The van der Waals surface area contributed by atoms with Crippen LogP contribution in [0.15, 0.2) is 18.2 Å². The molecule has 0 spiro atoms. The predicted octanol–water partition coefficient (Wildman–Crippen LogP) is 2.02. The van der Waals surface area contributed by atoms with Crippen LogP contribution < -0.4 is 5.32 Å². The molecule has 1 aromatic heterocycles. The molecule has 6 nitrogen and oxygen atoms in total. The lowest BCUT2D eigenvalue weighted by Crippen LogP contribution is -2.48. The molecule has 0 bridgehead atoms. The van der Waals surface area contributed by atoms with E-state index in [1.165, 1.54) is 10.7 Å². The summed E-state index contributed by atoms with van der Waals surface area (Å²) in [6.45, 7) is 2.99. The Bertz CT molecular complexity index is 793. The maximum atomic E-state index is 13.4. The first kappa shape index (κ1) is 18.4. The van der Waals surface area contributed by atoms with Gasteiger partial charge in [0, 0.05) is 25.2 Å². The van der Waals surface area contributed by atoms with Crippen molar-refractivity contribution in [2.75, 3.05) is 26.3 Å². The van der Waals surface area contributed by atoms with Gasteiger partial charge in [-0.25, -0.2) is 17.9 Å². The van der Waals surface area contributed by atoms with E-state index in [9.17, 15) is 18.0 Å². The van der Waals surface area contributed by atoms with Crippen molar-refractivity contribution in [2.24, 2.45) is 0 Å². The highest BCUT2D eigenvalue weighted by molar-refractivity contribution is 5.93. The van der Waals surface area contributed by atoms with Gasteiger partial charge in [-0.05, 0) is 38.4 Å². The molecule has 1 aromatic carbocycles. The van der Waals surface area contributed by atoms with Gasteiger partial charge < -0.3 is 5.32 Å². The van der Waals surface area contributed by atoms with Crippen molar-refractivity contribution in [1.82, 2.24) is 25.2 Å². The number of halogens is 3. The zero-order valence-corrected chi connectivity index (χ0v) is 14.4. The highest BCUT2D eigenvalue weighted by Crippen LogP contribution is 2.16. The number of rotatable bonds is 5. The van der Waals surface area contributed by atoms with Crippen LogP contribution in [0.25, 0.3) is 5.69 Å². The van der Waals surface area contributed by atoms with E-state index in [1.807, 2.05) is 4.90 Å². The van der Waals surface area contributed by atoms with Gasteiger partial charge in [0.1, 0.15) is 6.67 Å². The van der Waals surface area contributed by atoms with Crippen LogP contribution in [-0.4, -0.2) is 58.2 Å². The van der Waals surface area contributed by atoms with Gasteiger partial charge in [0.15, 0.2) is 17.3 Å². The normalized spacial score (nSPS) is 18.1. The Labute approximate surface area is 149 Å². The molecule has 140 valence electrons. The molecule has 26 heavy (non-hydrogen) atoms. The first-order chi connectivity index (χ1) is 12.5. The molecule has 0 radical (unpaired) electrons. The van der Waals surface area contributed by atoms with Crippen LogP contribution in [0.5, 0.6) is 0 Å². The lowest BCUT2D eigenvalue weighted by molar-refractivity contribution is 0.0895. The molecular weight excluding hydrogens is 347 g/mol. The third kappa shape index (κ3) is 3.87. The minimum atomic E-state index is -1.00. The fraction of sp³-hybridized carbons (Fsp3) is 0.471. The van der Waals surface area contributed by atoms with E-state index in [0.29, 0.717) is 18.8 Å². The molecule has 1 unspecified atom stereocenters. The standard InChI is InChI=1S/C17H20F3N5O/c1-11-16(17(26)21-12-3-2-7-24(10-12)8-6-18)22-23-25(11)13-4-5-14(19)15(20)9-13/h4-5,9,12H,2-3,6-8,10H2,1H3,(H,21,26). The third-order valence-corrected chi connectivity index (χ3v) is 4.50. The van der Waals surface area contributed by atoms with Crippen LogP contribution in [0.1, 0.15) is 29.0 Å². The van der Waals surface area contributed by atoms with Gasteiger partial charge in [0.05, 0.1) is 11.4 Å². The Balaban J connectivity index is 1.72.